The number of aromatic nitrogens is 1. The van der Waals surface area contributed by atoms with Gasteiger partial charge >= 0.3 is 6.18 Å². The first-order chi connectivity index (χ1) is 9.79. The number of halogens is 4. The van der Waals surface area contributed by atoms with Crippen LogP contribution in [0.4, 0.5) is 24.7 Å². The number of carbonyl (C=O) groups is 1. The Labute approximate surface area is 133 Å². The molecule has 114 valence electrons. The van der Waals surface area contributed by atoms with Crippen LogP contribution in [0.2, 0.25) is 0 Å². The average molecular weight is 412 g/mol. The van der Waals surface area contributed by atoms with Gasteiger partial charge in [0.1, 0.15) is 6.04 Å². The Morgan fingerprint density at radius 1 is 1.38 bits per heavy atom. The van der Waals surface area contributed by atoms with Crippen LogP contribution in [0.1, 0.15) is 5.56 Å². The summed E-state index contributed by atoms with van der Waals surface area (Å²) in [4.78, 5) is 19.4. The molecule has 0 aromatic carbocycles. The lowest BCUT2D eigenvalue weighted by Crippen LogP contribution is -2.60. The van der Waals surface area contributed by atoms with Gasteiger partial charge in [-0.2, -0.15) is 13.2 Å². The van der Waals surface area contributed by atoms with Crippen molar-refractivity contribution in [2.24, 2.45) is 0 Å². The predicted molar refractivity (Wildman–Crippen MR) is 79.4 cm³/mol. The lowest BCUT2D eigenvalue weighted by Gasteiger charge is -2.45. The van der Waals surface area contributed by atoms with Gasteiger partial charge in [-0.15, -0.1) is 0 Å². The summed E-state index contributed by atoms with van der Waals surface area (Å²) in [6.07, 6.45) is -3.64. The van der Waals surface area contributed by atoms with Crippen LogP contribution in [-0.4, -0.2) is 46.7 Å². The minimum atomic E-state index is -4.47. The van der Waals surface area contributed by atoms with Crippen molar-refractivity contribution in [3.8, 4) is 0 Å². The Morgan fingerprint density at radius 3 is 2.76 bits per heavy atom. The molecule has 0 saturated carbocycles. The van der Waals surface area contributed by atoms with Crippen LogP contribution >= 0.6 is 22.9 Å². The highest BCUT2D eigenvalue weighted by molar-refractivity contribution is 14.1. The van der Waals surface area contributed by atoms with Crippen molar-refractivity contribution < 1.29 is 18.0 Å². The summed E-state index contributed by atoms with van der Waals surface area (Å²) in [5.41, 5.74) is -0.625. The van der Waals surface area contributed by atoms with E-state index in [1.807, 2.05) is 3.11 Å². The molecule has 1 atom stereocenters. The number of hydrogen-bond donors (Lipinski definition) is 0. The normalized spacial score (nSPS) is 23.1. The number of anilines is 2. The van der Waals surface area contributed by atoms with Gasteiger partial charge in [-0.1, -0.05) is 0 Å². The molecule has 1 amide bonds. The molecular weight excluding hydrogens is 400 g/mol. The maximum absolute atomic E-state index is 12.8. The van der Waals surface area contributed by atoms with Crippen LogP contribution in [0.25, 0.3) is 0 Å². The van der Waals surface area contributed by atoms with E-state index in [0.717, 1.165) is 18.8 Å². The van der Waals surface area contributed by atoms with Crippen molar-refractivity contribution in [2.75, 3.05) is 36.5 Å². The number of rotatable bonds is 0. The molecule has 2 aliphatic heterocycles. The summed E-state index contributed by atoms with van der Waals surface area (Å²) >= 11 is 2.15. The van der Waals surface area contributed by atoms with Gasteiger partial charge in [-0.3, -0.25) is 4.79 Å². The molecule has 1 saturated heterocycles. The summed E-state index contributed by atoms with van der Waals surface area (Å²) in [6, 6.07) is 0.602. The molecule has 3 heterocycles. The molecule has 0 aliphatic carbocycles. The fraction of sp³-hybridized carbons (Fsp3) is 0.500. The van der Waals surface area contributed by atoms with Crippen LogP contribution in [0.15, 0.2) is 12.3 Å². The number of nitrogens with zero attached hydrogens (tertiary/aromatic N) is 4. The number of alkyl halides is 3. The molecular formula is C12H12F3IN4O. The highest BCUT2D eigenvalue weighted by atomic mass is 127. The van der Waals surface area contributed by atoms with E-state index in [1.54, 1.807) is 4.90 Å². The summed E-state index contributed by atoms with van der Waals surface area (Å²) in [7, 11) is 1.49. The van der Waals surface area contributed by atoms with Crippen molar-refractivity contribution in [1.82, 2.24) is 8.10 Å². The van der Waals surface area contributed by atoms with Gasteiger partial charge in [-0.05, 0) is 6.07 Å². The van der Waals surface area contributed by atoms with E-state index in [-0.39, 0.29) is 11.6 Å². The summed E-state index contributed by atoms with van der Waals surface area (Å²) in [5.74, 6) is 0.240. The van der Waals surface area contributed by atoms with E-state index in [0.29, 0.717) is 18.9 Å². The van der Waals surface area contributed by atoms with Gasteiger partial charge in [0, 0.05) is 55.7 Å². The van der Waals surface area contributed by atoms with Gasteiger partial charge in [0.25, 0.3) is 5.91 Å². The highest BCUT2D eigenvalue weighted by Gasteiger charge is 2.42. The molecule has 1 aromatic heterocycles. The Morgan fingerprint density at radius 2 is 2.10 bits per heavy atom. The van der Waals surface area contributed by atoms with Crippen LogP contribution < -0.4 is 9.80 Å². The molecule has 2 aliphatic rings. The lowest BCUT2D eigenvalue weighted by atomic mass is 10.1. The molecule has 21 heavy (non-hydrogen) atoms. The maximum Gasteiger partial charge on any atom is 0.417 e. The number of hydrogen-bond acceptors (Lipinski definition) is 4. The van der Waals surface area contributed by atoms with Crippen molar-refractivity contribution in [3.05, 3.63) is 17.8 Å². The number of fused-ring (bicyclic) bond motifs is 3. The van der Waals surface area contributed by atoms with E-state index in [9.17, 15) is 18.0 Å². The van der Waals surface area contributed by atoms with Gasteiger partial charge < -0.3 is 9.80 Å². The SMILES string of the molecule is CN1C(=O)C2CN(I)CCN2c2ncc(C(F)(F)F)cc21. The smallest absolute Gasteiger partial charge is 0.340 e. The Balaban J connectivity index is 2.07. The summed E-state index contributed by atoms with van der Waals surface area (Å²) in [6.45, 7) is 1.83. The quantitative estimate of drug-likeness (QED) is 0.483. The Hall–Kier alpha value is -1.10. The minimum Gasteiger partial charge on any atom is -0.340 e. The maximum atomic E-state index is 12.8. The van der Waals surface area contributed by atoms with Gasteiger partial charge in [0.15, 0.2) is 5.82 Å². The van der Waals surface area contributed by atoms with Gasteiger partial charge in [0.05, 0.1) is 11.3 Å². The fourth-order valence-electron chi connectivity index (χ4n) is 2.63. The van der Waals surface area contributed by atoms with Crippen molar-refractivity contribution in [2.45, 2.75) is 12.2 Å². The zero-order chi connectivity index (χ0) is 15.4. The zero-order valence-corrected chi connectivity index (χ0v) is 13.2. The van der Waals surface area contributed by atoms with E-state index in [2.05, 4.69) is 27.8 Å². The first-order valence-corrected chi connectivity index (χ1v) is 7.27. The van der Waals surface area contributed by atoms with Crippen LogP contribution in [-0.2, 0) is 11.0 Å². The summed E-state index contributed by atoms with van der Waals surface area (Å²) < 4.78 is 40.4. The first kappa shape index (κ1) is 14.8. The first-order valence-electron chi connectivity index (χ1n) is 6.31. The third-order valence-corrected chi connectivity index (χ3v) is 4.63. The third kappa shape index (κ3) is 2.45. The number of pyridine rings is 1. The minimum absolute atomic E-state index is 0.204. The van der Waals surface area contributed by atoms with E-state index >= 15 is 0 Å². The average Bonchev–Trinajstić information content (AvgIpc) is 2.43. The van der Waals surface area contributed by atoms with E-state index in [1.165, 1.54) is 11.9 Å². The van der Waals surface area contributed by atoms with Crippen LogP contribution in [0.5, 0.6) is 0 Å². The molecule has 1 unspecified atom stereocenters. The third-order valence-electron chi connectivity index (χ3n) is 3.75. The molecule has 1 fully saturated rings. The zero-order valence-electron chi connectivity index (χ0n) is 11.1. The van der Waals surface area contributed by atoms with E-state index < -0.39 is 17.8 Å². The Bertz CT molecular complexity index is 594. The molecule has 0 bridgehead atoms. The van der Waals surface area contributed by atoms with Gasteiger partial charge in [-0.25, -0.2) is 8.10 Å². The standard InChI is InChI=1S/C12H12F3IN4O/c1-18-8-4-7(12(13,14)15)5-17-10(8)20-3-2-19(16)6-9(20)11(18)21/h4-5,9H,2-3,6H2,1H3. The van der Waals surface area contributed by atoms with E-state index in [4.69, 9.17) is 0 Å². The highest BCUT2D eigenvalue weighted by Crippen LogP contribution is 2.39. The lowest BCUT2D eigenvalue weighted by molar-refractivity contribution is -0.137. The Kier molecular flexibility index (Phi) is 3.51. The molecule has 0 N–H and O–H groups in total. The topological polar surface area (TPSA) is 39.7 Å². The van der Waals surface area contributed by atoms with Crippen LogP contribution in [0, 0.1) is 0 Å². The van der Waals surface area contributed by atoms with Crippen molar-refractivity contribution >= 4 is 40.3 Å². The molecule has 3 rings (SSSR count). The second-order valence-corrected chi connectivity index (χ2v) is 6.40. The molecule has 1 aromatic rings. The molecule has 9 heteroatoms. The largest absolute Gasteiger partial charge is 0.417 e. The molecule has 0 spiro atoms. The van der Waals surface area contributed by atoms with Gasteiger partial charge in [0.2, 0.25) is 0 Å². The molecule has 0 radical (unpaired) electrons. The number of likely N-dealkylation sites (N-methyl/N-ethyl adjacent to an activating group) is 1. The molecule has 5 nitrogen and oxygen atoms in total. The summed E-state index contributed by atoms with van der Waals surface area (Å²) in [5, 5.41) is 0. The van der Waals surface area contributed by atoms with Crippen LogP contribution in [0.3, 0.4) is 0 Å². The fourth-order valence-corrected chi connectivity index (χ4v) is 3.21. The predicted octanol–water partition coefficient (Wildman–Crippen LogP) is 1.92. The number of amides is 1. The second-order valence-electron chi connectivity index (χ2n) is 5.04. The monoisotopic (exact) mass is 412 g/mol. The number of carbonyl (C=O) groups excluding carboxylic acids is 1. The second kappa shape index (κ2) is 4.97. The van der Waals surface area contributed by atoms with Crippen molar-refractivity contribution in [1.29, 1.82) is 0 Å². The van der Waals surface area contributed by atoms with Crippen molar-refractivity contribution in [3.63, 3.8) is 0 Å². The number of piperazine rings is 1.